The summed E-state index contributed by atoms with van der Waals surface area (Å²) in [5, 5.41) is 4.32. The molecule has 0 aliphatic carbocycles. The van der Waals surface area contributed by atoms with E-state index in [1.807, 2.05) is 16.9 Å². The molecule has 19 heavy (non-hydrogen) atoms. The summed E-state index contributed by atoms with van der Waals surface area (Å²) in [5.41, 5.74) is 7.07. The van der Waals surface area contributed by atoms with E-state index in [0.29, 0.717) is 11.9 Å². The Morgan fingerprint density at radius 3 is 2.47 bits per heavy atom. The Hall–Kier alpha value is -1.81. The minimum absolute atomic E-state index is 0.504. The average Bonchev–Trinajstić information content (AvgIpc) is 2.87. The zero-order chi connectivity index (χ0) is 13.1. The summed E-state index contributed by atoms with van der Waals surface area (Å²) in [4.78, 5) is 2.51. The molecule has 4 heteroatoms. The highest BCUT2D eigenvalue weighted by molar-refractivity contribution is 5.24. The van der Waals surface area contributed by atoms with Crippen molar-refractivity contribution >= 4 is 5.82 Å². The average molecular weight is 256 g/mol. The van der Waals surface area contributed by atoms with Crippen molar-refractivity contribution in [3.8, 4) is 0 Å². The molecular weight excluding hydrogens is 236 g/mol. The molecule has 2 aromatic rings. The normalized spacial score (nSPS) is 17.7. The van der Waals surface area contributed by atoms with Crippen molar-refractivity contribution in [2.75, 3.05) is 18.8 Å². The standard InChI is InChI=1S/C15H20N4/c16-15-8-11-19(17-15)14-6-9-18(10-7-14)12-13-4-2-1-3-5-13/h1-5,8,11,14H,6-7,9-10,12H2,(H2,16,17). The summed E-state index contributed by atoms with van der Waals surface area (Å²) in [5.74, 6) is 0.617. The molecule has 0 amide bonds. The summed E-state index contributed by atoms with van der Waals surface area (Å²) >= 11 is 0. The molecule has 1 aromatic carbocycles. The molecule has 1 saturated heterocycles. The molecule has 1 aliphatic rings. The molecule has 2 heterocycles. The zero-order valence-electron chi connectivity index (χ0n) is 11.1. The van der Waals surface area contributed by atoms with Crippen molar-refractivity contribution in [2.24, 2.45) is 0 Å². The number of likely N-dealkylation sites (tertiary alicyclic amines) is 1. The predicted octanol–water partition coefficient (Wildman–Crippen LogP) is 2.30. The molecule has 3 rings (SSSR count). The lowest BCUT2D eigenvalue weighted by molar-refractivity contribution is 0.173. The summed E-state index contributed by atoms with van der Waals surface area (Å²) < 4.78 is 2.02. The topological polar surface area (TPSA) is 47.1 Å². The SMILES string of the molecule is Nc1ccn(C2CCN(Cc3ccccc3)CC2)n1. The number of rotatable bonds is 3. The number of nitrogen functional groups attached to an aromatic ring is 1. The van der Waals surface area contributed by atoms with E-state index in [1.165, 1.54) is 5.56 Å². The van der Waals surface area contributed by atoms with Crippen molar-refractivity contribution in [1.82, 2.24) is 14.7 Å². The number of benzene rings is 1. The van der Waals surface area contributed by atoms with E-state index in [4.69, 9.17) is 5.73 Å². The van der Waals surface area contributed by atoms with Gasteiger partial charge in [0.2, 0.25) is 0 Å². The second-order valence-corrected chi connectivity index (χ2v) is 5.21. The quantitative estimate of drug-likeness (QED) is 0.916. The van der Waals surface area contributed by atoms with Crippen LogP contribution in [0.4, 0.5) is 5.82 Å². The Morgan fingerprint density at radius 1 is 1.11 bits per heavy atom. The fourth-order valence-electron chi connectivity index (χ4n) is 2.74. The lowest BCUT2D eigenvalue weighted by Crippen LogP contribution is -2.34. The molecule has 4 nitrogen and oxygen atoms in total. The zero-order valence-corrected chi connectivity index (χ0v) is 11.1. The van der Waals surface area contributed by atoms with E-state index in [0.717, 1.165) is 32.5 Å². The van der Waals surface area contributed by atoms with E-state index in [1.54, 1.807) is 0 Å². The van der Waals surface area contributed by atoms with Crippen LogP contribution in [0, 0.1) is 0 Å². The predicted molar refractivity (Wildman–Crippen MR) is 76.6 cm³/mol. The fourth-order valence-corrected chi connectivity index (χ4v) is 2.74. The van der Waals surface area contributed by atoms with Gasteiger partial charge in [-0.2, -0.15) is 5.10 Å². The van der Waals surface area contributed by atoms with Gasteiger partial charge < -0.3 is 5.73 Å². The van der Waals surface area contributed by atoms with Crippen LogP contribution in [0.25, 0.3) is 0 Å². The number of hydrogen-bond acceptors (Lipinski definition) is 3. The number of hydrogen-bond donors (Lipinski definition) is 1. The minimum atomic E-state index is 0.504. The molecule has 2 N–H and O–H groups in total. The van der Waals surface area contributed by atoms with Gasteiger partial charge in [-0.15, -0.1) is 0 Å². The third-order valence-corrected chi connectivity index (χ3v) is 3.81. The van der Waals surface area contributed by atoms with Gasteiger partial charge in [-0.25, -0.2) is 0 Å². The number of nitrogens with two attached hydrogens (primary N) is 1. The van der Waals surface area contributed by atoms with Gasteiger partial charge in [0.05, 0.1) is 6.04 Å². The van der Waals surface area contributed by atoms with Gasteiger partial charge in [0.15, 0.2) is 0 Å². The highest BCUT2D eigenvalue weighted by atomic mass is 15.3. The van der Waals surface area contributed by atoms with E-state index in [-0.39, 0.29) is 0 Å². The van der Waals surface area contributed by atoms with Crippen LogP contribution in [0.1, 0.15) is 24.4 Å². The first-order valence-corrected chi connectivity index (χ1v) is 6.88. The first-order chi connectivity index (χ1) is 9.31. The van der Waals surface area contributed by atoms with Gasteiger partial charge in [-0.3, -0.25) is 9.58 Å². The Labute approximate surface area is 113 Å². The van der Waals surface area contributed by atoms with Crippen molar-refractivity contribution in [1.29, 1.82) is 0 Å². The first-order valence-electron chi connectivity index (χ1n) is 6.88. The monoisotopic (exact) mass is 256 g/mol. The molecule has 100 valence electrons. The van der Waals surface area contributed by atoms with Gasteiger partial charge in [0.1, 0.15) is 5.82 Å². The first kappa shape index (κ1) is 12.2. The molecule has 1 aromatic heterocycles. The lowest BCUT2D eigenvalue weighted by Gasteiger charge is -2.32. The second-order valence-electron chi connectivity index (χ2n) is 5.21. The van der Waals surface area contributed by atoms with Crippen LogP contribution in [0.3, 0.4) is 0 Å². The lowest BCUT2D eigenvalue weighted by atomic mass is 10.0. The maximum atomic E-state index is 5.67. The molecule has 1 aliphatic heterocycles. The molecule has 0 radical (unpaired) electrons. The third kappa shape index (κ3) is 2.96. The van der Waals surface area contributed by atoms with E-state index in [2.05, 4.69) is 40.3 Å². The van der Waals surface area contributed by atoms with Crippen LogP contribution in [-0.4, -0.2) is 27.8 Å². The second kappa shape index (κ2) is 5.45. The molecule has 0 saturated carbocycles. The van der Waals surface area contributed by atoms with E-state index >= 15 is 0 Å². The fraction of sp³-hybridized carbons (Fsp3) is 0.400. The summed E-state index contributed by atoms with van der Waals surface area (Å²) in [7, 11) is 0. The maximum absolute atomic E-state index is 5.67. The van der Waals surface area contributed by atoms with E-state index in [9.17, 15) is 0 Å². The number of anilines is 1. The summed E-state index contributed by atoms with van der Waals surface area (Å²) in [6.07, 6.45) is 4.29. The Morgan fingerprint density at radius 2 is 1.84 bits per heavy atom. The van der Waals surface area contributed by atoms with Gasteiger partial charge in [0, 0.05) is 25.8 Å². The van der Waals surface area contributed by atoms with Gasteiger partial charge in [-0.05, 0) is 24.5 Å². The number of nitrogens with zero attached hydrogens (tertiary/aromatic N) is 3. The van der Waals surface area contributed by atoms with Gasteiger partial charge in [0.25, 0.3) is 0 Å². The van der Waals surface area contributed by atoms with Gasteiger partial charge >= 0.3 is 0 Å². The van der Waals surface area contributed by atoms with Crippen LogP contribution < -0.4 is 5.73 Å². The molecule has 1 fully saturated rings. The molecule has 0 bridgehead atoms. The van der Waals surface area contributed by atoms with Crippen LogP contribution in [-0.2, 0) is 6.54 Å². The number of aromatic nitrogens is 2. The molecule has 0 atom stereocenters. The smallest absolute Gasteiger partial charge is 0.145 e. The van der Waals surface area contributed by atoms with Crippen LogP contribution in [0.2, 0.25) is 0 Å². The highest BCUT2D eigenvalue weighted by Gasteiger charge is 2.20. The van der Waals surface area contributed by atoms with Crippen molar-refractivity contribution in [2.45, 2.75) is 25.4 Å². The van der Waals surface area contributed by atoms with Crippen molar-refractivity contribution < 1.29 is 0 Å². The van der Waals surface area contributed by atoms with Crippen LogP contribution in [0.15, 0.2) is 42.6 Å². The third-order valence-electron chi connectivity index (χ3n) is 3.81. The Kier molecular flexibility index (Phi) is 3.51. The van der Waals surface area contributed by atoms with Crippen LogP contribution >= 0.6 is 0 Å². The molecule has 0 unspecified atom stereocenters. The van der Waals surface area contributed by atoms with Gasteiger partial charge in [-0.1, -0.05) is 30.3 Å². The van der Waals surface area contributed by atoms with E-state index < -0.39 is 0 Å². The Bertz CT molecular complexity index is 512. The summed E-state index contributed by atoms with van der Waals surface area (Å²) in [6, 6.07) is 13.0. The maximum Gasteiger partial charge on any atom is 0.145 e. The summed E-state index contributed by atoms with van der Waals surface area (Å²) in [6.45, 7) is 3.30. The number of piperidine rings is 1. The minimum Gasteiger partial charge on any atom is -0.382 e. The highest BCUT2D eigenvalue weighted by Crippen LogP contribution is 2.23. The van der Waals surface area contributed by atoms with Crippen molar-refractivity contribution in [3.63, 3.8) is 0 Å². The molecule has 0 spiro atoms. The molecular formula is C15H20N4. The Balaban J connectivity index is 1.55. The van der Waals surface area contributed by atoms with Crippen LogP contribution in [0.5, 0.6) is 0 Å². The largest absolute Gasteiger partial charge is 0.382 e. The van der Waals surface area contributed by atoms with Crippen molar-refractivity contribution in [3.05, 3.63) is 48.2 Å².